The Morgan fingerprint density at radius 3 is 2.43 bits per heavy atom. The molecule has 0 spiro atoms. The van der Waals surface area contributed by atoms with Crippen LogP contribution < -0.4 is 5.32 Å². The first-order valence-electron chi connectivity index (χ1n) is 10.1. The number of hydrogen-bond acceptors (Lipinski definition) is 5. The first-order chi connectivity index (χ1) is 14.7. The molecule has 0 bridgehead atoms. The highest BCUT2D eigenvalue weighted by Gasteiger charge is 2.20. The van der Waals surface area contributed by atoms with Gasteiger partial charge in [0, 0.05) is 43.3 Å². The summed E-state index contributed by atoms with van der Waals surface area (Å²) in [6.07, 6.45) is 1.76. The van der Waals surface area contributed by atoms with E-state index in [2.05, 4.69) is 20.1 Å². The molecule has 6 nitrogen and oxygen atoms in total. The maximum Gasteiger partial charge on any atom is 0.234 e. The largest absolute Gasteiger partial charge is 0.439 e. The Balaban J connectivity index is 1.20. The second-order valence-electron chi connectivity index (χ2n) is 7.44. The van der Waals surface area contributed by atoms with E-state index in [0.717, 1.165) is 43.1 Å². The fourth-order valence-corrected chi connectivity index (χ4v) is 3.61. The molecule has 4 rings (SSSR count). The van der Waals surface area contributed by atoms with Crippen LogP contribution in [0, 0.1) is 0 Å². The summed E-state index contributed by atoms with van der Waals surface area (Å²) in [5.74, 6) is 1.51. The first-order valence-corrected chi connectivity index (χ1v) is 10.5. The van der Waals surface area contributed by atoms with Gasteiger partial charge in [0.25, 0.3) is 0 Å². The van der Waals surface area contributed by atoms with E-state index in [1.54, 1.807) is 6.20 Å². The molecule has 30 heavy (non-hydrogen) atoms. The molecular formula is C23H25ClN4O2. The van der Waals surface area contributed by atoms with E-state index < -0.39 is 0 Å². The van der Waals surface area contributed by atoms with E-state index in [1.807, 2.05) is 54.6 Å². The third kappa shape index (κ3) is 5.69. The van der Waals surface area contributed by atoms with Crippen molar-refractivity contribution in [3.05, 3.63) is 77.3 Å². The Kier molecular flexibility index (Phi) is 6.79. The third-order valence-corrected chi connectivity index (χ3v) is 5.46. The SMILES string of the molecule is O=C(CN1CCN(Cc2ncc(-c3ccc(Cl)cc3)o2)CC1)NCc1ccccc1. The molecule has 1 aliphatic rings. The van der Waals surface area contributed by atoms with Crippen LogP contribution in [-0.4, -0.2) is 53.4 Å². The maximum atomic E-state index is 12.2. The number of hydrogen-bond donors (Lipinski definition) is 1. The number of piperazine rings is 1. The van der Waals surface area contributed by atoms with E-state index in [4.69, 9.17) is 16.0 Å². The van der Waals surface area contributed by atoms with E-state index in [1.165, 1.54) is 0 Å². The standard InChI is InChI=1S/C23H25ClN4O2/c24-20-8-6-19(7-9-20)21-15-26-23(30-21)17-28-12-10-27(11-13-28)16-22(29)25-14-18-4-2-1-3-5-18/h1-9,15H,10-14,16-17H2,(H,25,29). The van der Waals surface area contributed by atoms with Crippen LogP contribution in [0.5, 0.6) is 0 Å². The minimum Gasteiger partial charge on any atom is -0.439 e. The molecule has 1 amide bonds. The fraction of sp³-hybridized carbons (Fsp3) is 0.304. The van der Waals surface area contributed by atoms with E-state index in [0.29, 0.717) is 30.5 Å². The summed E-state index contributed by atoms with van der Waals surface area (Å²) < 4.78 is 5.90. The zero-order chi connectivity index (χ0) is 20.8. The summed E-state index contributed by atoms with van der Waals surface area (Å²) in [7, 11) is 0. The number of carbonyl (C=O) groups is 1. The van der Waals surface area contributed by atoms with Crippen LogP contribution in [0.4, 0.5) is 0 Å². The quantitative estimate of drug-likeness (QED) is 0.629. The summed E-state index contributed by atoms with van der Waals surface area (Å²) in [6.45, 7) is 5.13. The molecule has 1 saturated heterocycles. The van der Waals surface area contributed by atoms with Crippen LogP contribution in [0.2, 0.25) is 5.02 Å². The number of oxazole rings is 1. The van der Waals surface area contributed by atoms with E-state index in [9.17, 15) is 4.79 Å². The number of halogens is 1. The molecule has 0 unspecified atom stereocenters. The summed E-state index contributed by atoms with van der Waals surface area (Å²) in [4.78, 5) is 21.1. The van der Waals surface area contributed by atoms with Gasteiger partial charge in [0.05, 0.1) is 19.3 Å². The lowest BCUT2D eigenvalue weighted by molar-refractivity contribution is -0.122. The number of nitrogens with one attached hydrogen (secondary N) is 1. The molecule has 1 aliphatic heterocycles. The number of carbonyl (C=O) groups excluding carboxylic acids is 1. The van der Waals surface area contributed by atoms with Crippen molar-refractivity contribution in [1.82, 2.24) is 20.1 Å². The monoisotopic (exact) mass is 424 g/mol. The van der Waals surface area contributed by atoms with Crippen molar-refractivity contribution in [2.24, 2.45) is 0 Å². The van der Waals surface area contributed by atoms with Crippen molar-refractivity contribution in [2.75, 3.05) is 32.7 Å². The van der Waals surface area contributed by atoms with Crippen molar-refractivity contribution < 1.29 is 9.21 Å². The van der Waals surface area contributed by atoms with Gasteiger partial charge in [-0.25, -0.2) is 4.98 Å². The van der Waals surface area contributed by atoms with Gasteiger partial charge in [-0.3, -0.25) is 14.6 Å². The second-order valence-corrected chi connectivity index (χ2v) is 7.88. The Hall–Kier alpha value is -2.67. The van der Waals surface area contributed by atoms with Gasteiger partial charge in [-0.1, -0.05) is 41.9 Å². The highest BCUT2D eigenvalue weighted by Crippen LogP contribution is 2.23. The van der Waals surface area contributed by atoms with E-state index in [-0.39, 0.29) is 5.91 Å². The molecular weight excluding hydrogens is 400 g/mol. The van der Waals surface area contributed by atoms with Crippen molar-refractivity contribution >= 4 is 17.5 Å². The van der Waals surface area contributed by atoms with Crippen LogP contribution in [0.1, 0.15) is 11.5 Å². The van der Waals surface area contributed by atoms with Crippen molar-refractivity contribution in [3.8, 4) is 11.3 Å². The molecule has 3 aromatic rings. The summed E-state index contributed by atoms with van der Waals surface area (Å²) >= 11 is 5.94. The molecule has 7 heteroatoms. The average molecular weight is 425 g/mol. The van der Waals surface area contributed by atoms with Gasteiger partial charge in [-0.15, -0.1) is 0 Å². The summed E-state index contributed by atoms with van der Waals surface area (Å²) in [5, 5.41) is 3.69. The molecule has 0 atom stereocenters. The van der Waals surface area contributed by atoms with Gasteiger partial charge in [-0.05, 0) is 29.8 Å². The smallest absolute Gasteiger partial charge is 0.234 e. The van der Waals surface area contributed by atoms with Crippen LogP contribution in [0.3, 0.4) is 0 Å². The molecule has 2 heterocycles. The van der Waals surface area contributed by atoms with Gasteiger partial charge >= 0.3 is 0 Å². The highest BCUT2D eigenvalue weighted by molar-refractivity contribution is 6.30. The molecule has 0 aliphatic carbocycles. The zero-order valence-corrected chi connectivity index (χ0v) is 17.5. The number of nitrogens with zero attached hydrogens (tertiary/aromatic N) is 3. The molecule has 0 radical (unpaired) electrons. The topological polar surface area (TPSA) is 61.6 Å². The first kappa shape index (κ1) is 20.6. The van der Waals surface area contributed by atoms with Crippen molar-refractivity contribution in [2.45, 2.75) is 13.1 Å². The normalized spacial score (nSPS) is 15.2. The Morgan fingerprint density at radius 1 is 1.00 bits per heavy atom. The van der Waals surface area contributed by atoms with Crippen LogP contribution in [0.15, 0.2) is 65.2 Å². The Morgan fingerprint density at radius 2 is 1.70 bits per heavy atom. The third-order valence-electron chi connectivity index (χ3n) is 5.21. The van der Waals surface area contributed by atoms with Gasteiger partial charge in [0.15, 0.2) is 5.76 Å². The molecule has 2 aromatic carbocycles. The Labute approximate surface area is 181 Å². The second kappa shape index (κ2) is 9.89. The minimum absolute atomic E-state index is 0.0626. The molecule has 1 N–H and O–H groups in total. The lowest BCUT2D eigenvalue weighted by Gasteiger charge is -2.33. The fourth-order valence-electron chi connectivity index (χ4n) is 3.48. The molecule has 1 aromatic heterocycles. The van der Waals surface area contributed by atoms with Crippen LogP contribution >= 0.6 is 11.6 Å². The van der Waals surface area contributed by atoms with Crippen LogP contribution in [-0.2, 0) is 17.9 Å². The summed E-state index contributed by atoms with van der Waals surface area (Å²) in [5.41, 5.74) is 2.07. The lowest BCUT2D eigenvalue weighted by atomic mass is 10.2. The maximum absolute atomic E-state index is 12.2. The number of benzene rings is 2. The van der Waals surface area contributed by atoms with Gasteiger partial charge in [-0.2, -0.15) is 0 Å². The van der Waals surface area contributed by atoms with Gasteiger partial charge in [0.1, 0.15) is 0 Å². The number of amides is 1. The predicted molar refractivity (Wildman–Crippen MR) is 117 cm³/mol. The van der Waals surface area contributed by atoms with Crippen molar-refractivity contribution in [1.29, 1.82) is 0 Å². The lowest BCUT2D eigenvalue weighted by Crippen LogP contribution is -2.49. The summed E-state index contributed by atoms with van der Waals surface area (Å²) in [6, 6.07) is 17.5. The van der Waals surface area contributed by atoms with Crippen molar-refractivity contribution in [3.63, 3.8) is 0 Å². The molecule has 156 valence electrons. The minimum atomic E-state index is 0.0626. The average Bonchev–Trinajstić information content (AvgIpc) is 3.23. The molecule has 1 fully saturated rings. The van der Waals surface area contributed by atoms with Crippen LogP contribution in [0.25, 0.3) is 11.3 Å². The number of aromatic nitrogens is 1. The number of rotatable bonds is 7. The van der Waals surface area contributed by atoms with Gasteiger partial charge < -0.3 is 9.73 Å². The Bertz CT molecular complexity index is 951. The zero-order valence-electron chi connectivity index (χ0n) is 16.8. The predicted octanol–water partition coefficient (Wildman–Crippen LogP) is 3.43. The van der Waals surface area contributed by atoms with E-state index >= 15 is 0 Å². The molecule has 0 saturated carbocycles. The van der Waals surface area contributed by atoms with Gasteiger partial charge in [0.2, 0.25) is 11.8 Å². The highest BCUT2D eigenvalue weighted by atomic mass is 35.5.